The molecule has 0 bridgehead atoms. The van der Waals surface area contributed by atoms with Crippen LogP contribution in [0.25, 0.3) is 6.08 Å². The van der Waals surface area contributed by atoms with E-state index in [1.54, 1.807) is 13.2 Å². The topological polar surface area (TPSA) is 41.6 Å². The molecule has 0 radical (unpaired) electrons. The molecule has 1 atom stereocenters. The van der Waals surface area contributed by atoms with Gasteiger partial charge in [0.05, 0.1) is 7.11 Å². The van der Waals surface area contributed by atoms with Gasteiger partial charge >= 0.3 is 0 Å². The summed E-state index contributed by atoms with van der Waals surface area (Å²) in [6.07, 6.45) is 5.80. The van der Waals surface area contributed by atoms with E-state index in [4.69, 9.17) is 4.74 Å². The highest BCUT2D eigenvalue weighted by atomic mass is 16.5. The molecule has 114 valence electrons. The van der Waals surface area contributed by atoms with Crippen molar-refractivity contribution in [2.75, 3.05) is 33.8 Å². The van der Waals surface area contributed by atoms with E-state index in [1.807, 2.05) is 42.3 Å². The van der Waals surface area contributed by atoms with Crippen molar-refractivity contribution >= 4 is 12.0 Å². The molecule has 1 unspecified atom stereocenters. The first-order valence-corrected chi connectivity index (χ1v) is 7.48. The van der Waals surface area contributed by atoms with Gasteiger partial charge in [-0.1, -0.05) is 12.1 Å². The predicted octanol–water partition coefficient (Wildman–Crippen LogP) is 2.17. The van der Waals surface area contributed by atoms with Crippen LogP contribution in [0.15, 0.2) is 30.3 Å². The first-order chi connectivity index (χ1) is 10.2. The number of nitrogens with zero attached hydrogens (tertiary/aromatic N) is 1. The molecular formula is C17H24N2O2. The van der Waals surface area contributed by atoms with Crippen molar-refractivity contribution in [2.24, 2.45) is 5.92 Å². The highest BCUT2D eigenvalue weighted by molar-refractivity contribution is 5.91. The number of hydrogen-bond donors (Lipinski definition) is 1. The molecule has 1 heterocycles. The van der Waals surface area contributed by atoms with Gasteiger partial charge < -0.3 is 15.0 Å². The molecular weight excluding hydrogens is 264 g/mol. The molecule has 1 aliphatic heterocycles. The normalized spacial score (nSPS) is 19.0. The number of hydrogen-bond acceptors (Lipinski definition) is 3. The van der Waals surface area contributed by atoms with Crippen molar-refractivity contribution in [2.45, 2.75) is 12.8 Å². The minimum Gasteiger partial charge on any atom is -0.497 e. The quantitative estimate of drug-likeness (QED) is 0.844. The number of nitrogens with one attached hydrogen (secondary N) is 1. The highest BCUT2D eigenvalue weighted by Crippen LogP contribution is 2.17. The van der Waals surface area contributed by atoms with Crippen molar-refractivity contribution in [3.63, 3.8) is 0 Å². The van der Waals surface area contributed by atoms with Crippen molar-refractivity contribution in [3.8, 4) is 5.75 Å². The average molecular weight is 288 g/mol. The SMILES string of the molecule is CNCC1CCCN(C(=O)/C=C/c2cccc(OC)c2)C1. The van der Waals surface area contributed by atoms with E-state index in [1.165, 1.54) is 6.42 Å². The van der Waals surface area contributed by atoms with E-state index in [-0.39, 0.29) is 5.91 Å². The molecule has 0 spiro atoms. The van der Waals surface area contributed by atoms with Gasteiger partial charge in [-0.3, -0.25) is 4.79 Å². The van der Waals surface area contributed by atoms with Crippen LogP contribution in [0.1, 0.15) is 18.4 Å². The zero-order chi connectivity index (χ0) is 15.1. The minimum absolute atomic E-state index is 0.0959. The summed E-state index contributed by atoms with van der Waals surface area (Å²) in [6, 6.07) is 7.70. The van der Waals surface area contributed by atoms with Gasteiger partial charge in [0.1, 0.15) is 5.75 Å². The Morgan fingerprint density at radius 3 is 3.14 bits per heavy atom. The van der Waals surface area contributed by atoms with Crippen molar-refractivity contribution in [1.29, 1.82) is 0 Å². The molecule has 1 amide bonds. The van der Waals surface area contributed by atoms with Crippen LogP contribution in [-0.4, -0.2) is 44.6 Å². The van der Waals surface area contributed by atoms with Crippen LogP contribution in [0, 0.1) is 5.92 Å². The Bertz CT molecular complexity index is 497. The lowest BCUT2D eigenvalue weighted by molar-refractivity contribution is -0.127. The van der Waals surface area contributed by atoms with Crippen LogP contribution in [-0.2, 0) is 4.79 Å². The van der Waals surface area contributed by atoms with Crippen LogP contribution < -0.4 is 10.1 Å². The second-order valence-electron chi connectivity index (χ2n) is 5.46. The van der Waals surface area contributed by atoms with E-state index in [0.717, 1.165) is 37.4 Å². The number of likely N-dealkylation sites (tertiary alicyclic amines) is 1. The maximum absolute atomic E-state index is 12.3. The molecule has 4 nitrogen and oxygen atoms in total. The summed E-state index contributed by atoms with van der Waals surface area (Å²) in [5.74, 6) is 1.47. The number of piperidine rings is 1. The summed E-state index contributed by atoms with van der Waals surface area (Å²) < 4.78 is 5.18. The van der Waals surface area contributed by atoms with Crippen molar-refractivity contribution in [3.05, 3.63) is 35.9 Å². The van der Waals surface area contributed by atoms with E-state index in [9.17, 15) is 4.79 Å². The molecule has 0 aromatic heterocycles. The summed E-state index contributed by atoms with van der Waals surface area (Å²) in [5.41, 5.74) is 0.978. The maximum atomic E-state index is 12.3. The molecule has 4 heteroatoms. The number of ether oxygens (including phenoxy) is 1. The third kappa shape index (κ3) is 4.60. The monoisotopic (exact) mass is 288 g/mol. The Labute approximate surface area is 126 Å². The average Bonchev–Trinajstić information content (AvgIpc) is 2.53. The molecule has 0 saturated carbocycles. The largest absolute Gasteiger partial charge is 0.497 e. The predicted molar refractivity (Wildman–Crippen MR) is 85.3 cm³/mol. The molecule has 1 aliphatic rings. The van der Waals surface area contributed by atoms with Gasteiger partial charge in [0.25, 0.3) is 0 Å². The van der Waals surface area contributed by atoms with E-state index < -0.39 is 0 Å². The number of methoxy groups -OCH3 is 1. The third-order valence-electron chi connectivity index (χ3n) is 3.84. The first-order valence-electron chi connectivity index (χ1n) is 7.48. The lowest BCUT2D eigenvalue weighted by Gasteiger charge is -2.32. The third-order valence-corrected chi connectivity index (χ3v) is 3.84. The maximum Gasteiger partial charge on any atom is 0.246 e. The van der Waals surface area contributed by atoms with Gasteiger partial charge in [-0.25, -0.2) is 0 Å². The van der Waals surface area contributed by atoms with E-state index >= 15 is 0 Å². The molecule has 21 heavy (non-hydrogen) atoms. The highest BCUT2D eigenvalue weighted by Gasteiger charge is 2.21. The first kappa shape index (κ1) is 15.6. The summed E-state index contributed by atoms with van der Waals surface area (Å²) >= 11 is 0. The number of rotatable bonds is 5. The lowest BCUT2D eigenvalue weighted by Crippen LogP contribution is -2.41. The van der Waals surface area contributed by atoms with Crippen molar-refractivity contribution < 1.29 is 9.53 Å². The molecule has 1 aromatic rings. The summed E-state index contributed by atoms with van der Waals surface area (Å²) in [7, 11) is 3.60. The summed E-state index contributed by atoms with van der Waals surface area (Å²) in [6.45, 7) is 2.69. The van der Waals surface area contributed by atoms with E-state index in [0.29, 0.717) is 5.92 Å². The lowest BCUT2D eigenvalue weighted by atomic mass is 9.98. The van der Waals surface area contributed by atoms with Crippen LogP contribution in [0.3, 0.4) is 0 Å². The second kappa shape index (κ2) is 7.84. The molecule has 1 N–H and O–H groups in total. The van der Waals surface area contributed by atoms with Gasteiger partial charge in [-0.15, -0.1) is 0 Å². The van der Waals surface area contributed by atoms with Crippen LogP contribution in [0.5, 0.6) is 5.75 Å². The van der Waals surface area contributed by atoms with Gasteiger partial charge in [0.2, 0.25) is 5.91 Å². The zero-order valence-electron chi connectivity index (χ0n) is 12.8. The summed E-state index contributed by atoms with van der Waals surface area (Å²) in [5, 5.41) is 3.20. The summed E-state index contributed by atoms with van der Waals surface area (Å²) in [4.78, 5) is 14.2. The Kier molecular flexibility index (Phi) is 5.81. The van der Waals surface area contributed by atoms with Crippen LogP contribution in [0.2, 0.25) is 0 Å². The van der Waals surface area contributed by atoms with Crippen LogP contribution in [0.4, 0.5) is 0 Å². The molecule has 1 saturated heterocycles. The minimum atomic E-state index is 0.0959. The number of carbonyl (C=O) groups is 1. The fourth-order valence-corrected chi connectivity index (χ4v) is 2.74. The molecule has 1 fully saturated rings. The molecule has 2 rings (SSSR count). The number of benzene rings is 1. The smallest absolute Gasteiger partial charge is 0.246 e. The Balaban J connectivity index is 1.95. The number of carbonyl (C=O) groups excluding carboxylic acids is 1. The van der Waals surface area contributed by atoms with Gasteiger partial charge in [-0.05, 0) is 56.1 Å². The van der Waals surface area contributed by atoms with Gasteiger partial charge in [0, 0.05) is 19.2 Å². The van der Waals surface area contributed by atoms with Gasteiger partial charge in [0.15, 0.2) is 0 Å². The van der Waals surface area contributed by atoms with Crippen LogP contribution >= 0.6 is 0 Å². The molecule has 1 aromatic carbocycles. The Hall–Kier alpha value is -1.81. The fourth-order valence-electron chi connectivity index (χ4n) is 2.74. The standard InChI is InChI=1S/C17H24N2O2/c1-18-12-15-6-4-10-19(13-15)17(20)9-8-14-5-3-7-16(11-14)21-2/h3,5,7-9,11,15,18H,4,6,10,12-13H2,1-2H3/b9-8+. The Morgan fingerprint density at radius 2 is 2.38 bits per heavy atom. The fraction of sp³-hybridized carbons (Fsp3) is 0.471. The van der Waals surface area contributed by atoms with E-state index in [2.05, 4.69) is 5.32 Å². The molecule has 0 aliphatic carbocycles. The number of amides is 1. The van der Waals surface area contributed by atoms with Gasteiger partial charge in [-0.2, -0.15) is 0 Å². The van der Waals surface area contributed by atoms with Crippen molar-refractivity contribution in [1.82, 2.24) is 10.2 Å². The second-order valence-corrected chi connectivity index (χ2v) is 5.46. The Morgan fingerprint density at radius 1 is 1.52 bits per heavy atom. The zero-order valence-corrected chi connectivity index (χ0v) is 12.8.